The molecule has 3 aromatic carbocycles. The zero-order chi connectivity index (χ0) is 35.2. The lowest BCUT2D eigenvalue weighted by Crippen LogP contribution is -2.59. The van der Waals surface area contributed by atoms with E-state index in [2.05, 4.69) is 22.5 Å². The van der Waals surface area contributed by atoms with E-state index in [1.165, 1.54) is 4.90 Å². The summed E-state index contributed by atoms with van der Waals surface area (Å²) in [6.45, 7) is 8.80. The Kier molecular flexibility index (Phi) is 14.5. The number of carbonyl (C=O) groups excluding carboxylic acids is 1. The van der Waals surface area contributed by atoms with Gasteiger partial charge in [-0.05, 0) is 70.6 Å². The van der Waals surface area contributed by atoms with Crippen LogP contribution in [0.5, 0.6) is 0 Å². The number of aliphatic hydroxyl groups is 2. The summed E-state index contributed by atoms with van der Waals surface area (Å²) in [4.78, 5) is 26.7. The molecule has 2 amide bonds. The largest absolute Gasteiger partial charge is 0.465 e. The van der Waals surface area contributed by atoms with E-state index in [-0.39, 0.29) is 19.5 Å². The lowest BCUT2D eigenvalue weighted by Gasteiger charge is -2.41. The number of carbonyl (C=O) groups is 2. The molecule has 3 rings (SSSR count). The van der Waals surface area contributed by atoms with Crippen molar-refractivity contribution >= 4 is 12.2 Å². The number of ether oxygens (including phenoxy) is 1. The zero-order valence-electron chi connectivity index (χ0n) is 28.7. The van der Waals surface area contributed by atoms with E-state index in [0.717, 1.165) is 23.1 Å². The maximum absolute atomic E-state index is 12.8. The van der Waals surface area contributed by atoms with Crippen LogP contribution in [-0.4, -0.2) is 80.9 Å². The van der Waals surface area contributed by atoms with Gasteiger partial charge in [-0.2, -0.15) is 0 Å². The van der Waals surface area contributed by atoms with Gasteiger partial charge in [-0.1, -0.05) is 96.9 Å². The van der Waals surface area contributed by atoms with Crippen molar-refractivity contribution in [2.24, 2.45) is 0 Å². The van der Waals surface area contributed by atoms with Crippen LogP contribution in [0.2, 0.25) is 0 Å². The molecule has 0 radical (unpaired) electrons. The maximum atomic E-state index is 12.8. The Morgan fingerprint density at radius 1 is 0.771 bits per heavy atom. The SMILES string of the molecule is CC(C)(C)OC(=O)N[C@@H](Cc1ccccc1)[C@H](O)CNC[C@@H](O)[C@H](Cc1ccccc1)N(C(=O)O)C(C)(C)C#CCCc1ccccc1. The highest BCUT2D eigenvalue weighted by molar-refractivity contribution is 5.68. The third-order valence-corrected chi connectivity index (χ3v) is 7.82. The number of nitrogens with one attached hydrogen (secondary N) is 2. The monoisotopic (exact) mass is 657 g/mol. The van der Waals surface area contributed by atoms with Crippen molar-refractivity contribution in [1.82, 2.24) is 15.5 Å². The molecule has 9 heteroatoms. The maximum Gasteiger partial charge on any atom is 0.408 e. The van der Waals surface area contributed by atoms with Gasteiger partial charge in [0, 0.05) is 19.5 Å². The van der Waals surface area contributed by atoms with Crippen LogP contribution in [0.4, 0.5) is 9.59 Å². The molecule has 48 heavy (non-hydrogen) atoms. The minimum absolute atomic E-state index is 0.0135. The van der Waals surface area contributed by atoms with Gasteiger partial charge in [-0.25, -0.2) is 9.59 Å². The molecule has 0 spiro atoms. The van der Waals surface area contributed by atoms with Gasteiger partial charge in [0.25, 0.3) is 0 Å². The first-order valence-corrected chi connectivity index (χ1v) is 16.5. The lowest BCUT2D eigenvalue weighted by atomic mass is 9.93. The minimum Gasteiger partial charge on any atom is -0.465 e. The van der Waals surface area contributed by atoms with E-state index >= 15 is 0 Å². The summed E-state index contributed by atoms with van der Waals surface area (Å²) in [6.07, 6.45) is -2.11. The van der Waals surface area contributed by atoms with Gasteiger partial charge in [0.15, 0.2) is 0 Å². The molecular weight excluding hydrogens is 606 g/mol. The Bertz CT molecular complexity index is 1470. The van der Waals surface area contributed by atoms with E-state index in [4.69, 9.17) is 4.74 Å². The van der Waals surface area contributed by atoms with Crippen molar-refractivity contribution in [3.8, 4) is 11.8 Å². The summed E-state index contributed by atoms with van der Waals surface area (Å²) >= 11 is 0. The Labute approximate surface area is 285 Å². The van der Waals surface area contributed by atoms with Crippen molar-refractivity contribution in [1.29, 1.82) is 0 Å². The minimum atomic E-state index is -1.19. The van der Waals surface area contributed by atoms with Crippen molar-refractivity contribution in [3.05, 3.63) is 108 Å². The number of rotatable bonds is 15. The fraction of sp³-hybridized carbons (Fsp3) is 0.436. The van der Waals surface area contributed by atoms with Gasteiger partial charge in [-0.15, -0.1) is 5.92 Å². The molecule has 0 aliphatic heterocycles. The molecule has 0 unspecified atom stereocenters. The van der Waals surface area contributed by atoms with Gasteiger partial charge >= 0.3 is 12.2 Å². The predicted molar refractivity (Wildman–Crippen MR) is 189 cm³/mol. The van der Waals surface area contributed by atoms with Crippen LogP contribution in [0, 0.1) is 11.8 Å². The van der Waals surface area contributed by atoms with Crippen LogP contribution in [0.1, 0.15) is 57.7 Å². The second-order valence-electron chi connectivity index (χ2n) is 13.5. The lowest BCUT2D eigenvalue weighted by molar-refractivity contribution is 0.0164. The second-order valence-corrected chi connectivity index (χ2v) is 13.5. The second kappa shape index (κ2) is 18.3. The quantitative estimate of drug-likeness (QED) is 0.138. The van der Waals surface area contributed by atoms with Crippen LogP contribution in [0.3, 0.4) is 0 Å². The van der Waals surface area contributed by atoms with Gasteiger partial charge < -0.3 is 30.7 Å². The molecule has 5 N–H and O–H groups in total. The number of aryl methyl sites for hydroxylation is 1. The third-order valence-electron chi connectivity index (χ3n) is 7.82. The number of carboxylic acid groups (broad SMARTS) is 1. The summed E-state index contributed by atoms with van der Waals surface area (Å²) in [5.41, 5.74) is 1.12. The molecule has 0 bridgehead atoms. The van der Waals surface area contributed by atoms with Crippen LogP contribution >= 0.6 is 0 Å². The molecule has 0 heterocycles. The van der Waals surface area contributed by atoms with Gasteiger partial charge in [-0.3, -0.25) is 4.90 Å². The molecular formula is C39H51N3O6. The molecule has 9 nitrogen and oxygen atoms in total. The Hall–Kier alpha value is -4.36. The van der Waals surface area contributed by atoms with Crippen LogP contribution in [0.25, 0.3) is 0 Å². The van der Waals surface area contributed by atoms with Crippen molar-refractivity contribution in [3.63, 3.8) is 0 Å². The van der Waals surface area contributed by atoms with Gasteiger partial charge in [0.1, 0.15) is 11.1 Å². The number of hydrogen-bond acceptors (Lipinski definition) is 6. The first-order valence-electron chi connectivity index (χ1n) is 16.5. The topological polar surface area (TPSA) is 131 Å². The standard InChI is InChI=1S/C39H51N3O6/c1-38(2,3)48-36(45)41-32(25-30-20-11-7-12-21-30)34(43)27-40-28-35(44)33(26-31-22-13-8-14-23-31)42(37(46)47)39(4,5)24-16-15-19-29-17-9-6-10-18-29/h6-14,17-18,20-23,32-35,40,43-44H,15,19,25-28H2,1-5H3,(H,41,45)(H,46,47)/t32-,33-,34+,35+/m0/s1. The zero-order valence-corrected chi connectivity index (χ0v) is 28.7. The highest BCUT2D eigenvalue weighted by Gasteiger charge is 2.39. The molecule has 258 valence electrons. The van der Waals surface area contributed by atoms with Crippen LogP contribution in [0.15, 0.2) is 91.0 Å². The van der Waals surface area contributed by atoms with Crippen LogP contribution in [-0.2, 0) is 24.0 Å². The summed E-state index contributed by atoms with van der Waals surface area (Å²) in [7, 11) is 0. The number of amides is 2. The molecule has 4 atom stereocenters. The van der Waals surface area contributed by atoms with E-state index < -0.39 is 47.6 Å². The van der Waals surface area contributed by atoms with Crippen molar-refractivity contribution in [2.45, 2.75) is 95.7 Å². The van der Waals surface area contributed by atoms with E-state index in [9.17, 15) is 24.9 Å². The first-order chi connectivity index (χ1) is 22.7. The van der Waals surface area contributed by atoms with Gasteiger partial charge in [0.05, 0.1) is 24.3 Å². The summed E-state index contributed by atoms with van der Waals surface area (Å²) in [5, 5.41) is 39.1. The summed E-state index contributed by atoms with van der Waals surface area (Å²) < 4.78 is 5.43. The fourth-order valence-electron chi connectivity index (χ4n) is 5.51. The Morgan fingerprint density at radius 2 is 1.27 bits per heavy atom. The van der Waals surface area contributed by atoms with Crippen molar-refractivity contribution < 1.29 is 29.6 Å². The molecule has 0 fully saturated rings. The fourth-order valence-corrected chi connectivity index (χ4v) is 5.51. The molecule has 0 aromatic heterocycles. The first kappa shape index (κ1) is 38.1. The smallest absolute Gasteiger partial charge is 0.408 e. The predicted octanol–water partition coefficient (Wildman–Crippen LogP) is 5.44. The molecule has 3 aromatic rings. The van der Waals surface area contributed by atoms with E-state index in [0.29, 0.717) is 12.8 Å². The average Bonchev–Trinajstić information content (AvgIpc) is 3.02. The Balaban J connectivity index is 1.75. The highest BCUT2D eigenvalue weighted by atomic mass is 16.6. The normalized spacial score (nSPS) is 14.1. The van der Waals surface area contributed by atoms with Crippen LogP contribution < -0.4 is 10.6 Å². The summed E-state index contributed by atoms with van der Waals surface area (Å²) in [5.74, 6) is 6.31. The molecule has 0 saturated carbocycles. The highest BCUT2D eigenvalue weighted by Crippen LogP contribution is 2.23. The van der Waals surface area contributed by atoms with Crippen molar-refractivity contribution in [2.75, 3.05) is 13.1 Å². The number of nitrogens with zero attached hydrogens (tertiary/aromatic N) is 1. The molecule has 0 aliphatic carbocycles. The average molecular weight is 658 g/mol. The Morgan fingerprint density at radius 3 is 1.79 bits per heavy atom. The summed E-state index contributed by atoms with van der Waals surface area (Å²) in [6, 6.07) is 27.3. The third kappa shape index (κ3) is 13.0. The number of hydrogen-bond donors (Lipinski definition) is 5. The number of aliphatic hydroxyl groups excluding tert-OH is 2. The van der Waals surface area contributed by atoms with E-state index in [1.54, 1.807) is 34.6 Å². The molecule has 0 saturated heterocycles. The van der Waals surface area contributed by atoms with E-state index in [1.807, 2.05) is 91.0 Å². The number of benzene rings is 3. The van der Waals surface area contributed by atoms with Gasteiger partial charge in [0.2, 0.25) is 0 Å². The molecule has 0 aliphatic rings. The number of alkyl carbamates (subject to hydrolysis) is 1.